The van der Waals surface area contributed by atoms with Crippen LogP contribution in [0, 0.1) is 18.6 Å². The van der Waals surface area contributed by atoms with Crippen LogP contribution in [0.3, 0.4) is 0 Å². The quantitative estimate of drug-likeness (QED) is 0.756. The largest absolute Gasteiger partial charge is 0.488 e. The molecule has 0 bridgehead atoms. The maximum atomic E-state index is 13.3. The summed E-state index contributed by atoms with van der Waals surface area (Å²) in [5.41, 5.74) is 5.60. The molecule has 2 N–H and O–H groups in total. The Labute approximate surface area is 81.7 Å². The Morgan fingerprint density at radius 2 is 2.07 bits per heavy atom. The third-order valence-corrected chi connectivity index (χ3v) is 1.84. The molecule has 1 rings (SSSR count). The monoisotopic (exact) mass is 201 g/mol. The molecule has 0 atom stereocenters. The summed E-state index contributed by atoms with van der Waals surface area (Å²) in [4.78, 5) is 0. The van der Waals surface area contributed by atoms with Crippen LogP contribution in [-0.2, 0) is 0 Å². The van der Waals surface area contributed by atoms with Crippen molar-refractivity contribution in [2.24, 2.45) is 5.73 Å². The van der Waals surface area contributed by atoms with Crippen molar-refractivity contribution in [2.45, 2.75) is 13.3 Å². The summed E-state index contributed by atoms with van der Waals surface area (Å²) in [5.74, 6) is -1.62. The van der Waals surface area contributed by atoms with Crippen molar-refractivity contribution >= 4 is 0 Å². The number of nitrogens with two attached hydrogens (primary N) is 1. The van der Waals surface area contributed by atoms with Crippen LogP contribution in [0.5, 0.6) is 5.75 Å². The first-order valence-electron chi connectivity index (χ1n) is 4.44. The van der Waals surface area contributed by atoms with Gasteiger partial charge < -0.3 is 10.5 Å². The van der Waals surface area contributed by atoms with Gasteiger partial charge in [-0.1, -0.05) is 6.07 Å². The smallest absolute Gasteiger partial charge is 0.190 e. The van der Waals surface area contributed by atoms with Gasteiger partial charge in [-0.15, -0.1) is 0 Å². The molecule has 0 saturated carbocycles. The molecule has 0 radical (unpaired) electrons. The molecule has 0 aromatic heterocycles. The first-order valence-corrected chi connectivity index (χ1v) is 4.44. The molecule has 0 unspecified atom stereocenters. The van der Waals surface area contributed by atoms with Crippen LogP contribution in [0.2, 0.25) is 0 Å². The minimum atomic E-state index is -0.676. The molecule has 0 heterocycles. The number of halogens is 2. The topological polar surface area (TPSA) is 35.2 Å². The van der Waals surface area contributed by atoms with Crippen LogP contribution < -0.4 is 10.5 Å². The van der Waals surface area contributed by atoms with Gasteiger partial charge in [-0.25, -0.2) is 8.78 Å². The van der Waals surface area contributed by atoms with Crippen molar-refractivity contribution in [3.8, 4) is 5.75 Å². The van der Waals surface area contributed by atoms with E-state index in [0.29, 0.717) is 18.5 Å². The van der Waals surface area contributed by atoms with E-state index >= 15 is 0 Å². The summed E-state index contributed by atoms with van der Waals surface area (Å²) in [7, 11) is 0. The van der Waals surface area contributed by atoms with E-state index in [-0.39, 0.29) is 12.4 Å². The van der Waals surface area contributed by atoms with Gasteiger partial charge >= 0.3 is 0 Å². The van der Waals surface area contributed by atoms with Crippen LogP contribution in [0.4, 0.5) is 8.78 Å². The van der Waals surface area contributed by atoms with E-state index in [9.17, 15) is 8.78 Å². The van der Waals surface area contributed by atoms with Gasteiger partial charge in [0, 0.05) is 0 Å². The molecule has 1 aromatic rings. The van der Waals surface area contributed by atoms with Crippen LogP contribution >= 0.6 is 0 Å². The molecule has 0 saturated heterocycles. The van der Waals surface area contributed by atoms with Crippen molar-refractivity contribution in [3.63, 3.8) is 0 Å². The summed E-state index contributed by atoms with van der Waals surface area (Å²) < 4.78 is 31.3. The molecule has 0 fully saturated rings. The van der Waals surface area contributed by atoms with Crippen LogP contribution in [-0.4, -0.2) is 13.2 Å². The van der Waals surface area contributed by atoms with Gasteiger partial charge in [-0.05, 0) is 31.5 Å². The van der Waals surface area contributed by atoms with E-state index in [1.54, 1.807) is 6.92 Å². The Morgan fingerprint density at radius 1 is 1.36 bits per heavy atom. The first kappa shape index (κ1) is 10.9. The lowest BCUT2D eigenvalue weighted by molar-refractivity contribution is 0.281. The Bertz CT molecular complexity index is 315. The zero-order valence-electron chi connectivity index (χ0n) is 8.02. The maximum Gasteiger partial charge on any atom is 0.190 e. The highest BCUT2D eigenvalue weighted by atomic mass is 19.1. The number of ether oxygens (including phenoxy) is 1. The molecule has 0 aliphatic heterocycles. The third kappa shape index (κ3) is 2.42. The van der Waals surface area contributed by atoms with Gasteiger partial charge in [0.15, 0.2) is 17.4 Å². The molecular formula is C10H13F2NO. The maximum absolute atomic E-state index is 13.3. The lowest BCUT2D eigenvalue weighted by Crippen LogP contribution is -2.08. The molecule has 0 spiro atoms. The molecule has 14 heavy (non-hydrogen) atoms. The summed E-state index contributed by atoms with van der Waals surface area (Å²) in [6.07, 6.45) is 0.576. The van der Waals surface area contributed by atoms with Crippen molar-refractivity contribution < 1.29 is 13.5 Å². The second-order valence-electron chi connectivity index (χ2n) is 3.00. The fourth-order valence-electron chi connectivity index (χ4n) is 1.02. The molecule has 2 nitrogen and oxygen atoms in total. The first-order chi connectivity index (χ1) is 6.66. The Kier molecular flexibility index (Phi) is 3.83. The Balaban J connectivity index is 2.79. The number of rotatable bonds is 4. The van der Waals surface area contributed by atoms with Crippen molar-refractivity contribution in [1.29, 1.82) is 0 Å². The molecular weight excluding hydrogens is 188 g/mol. The normalized spacial score (nSPS) is 10.3. The average Bonchev–Trinajstić information content (AvgIpc) is 2.18. The summed E-state index contributed by atoms with van der Waals surface area (Å²) in [5, 5.41) is 0. The highest BCUT2D eigenvalue weighted by molar-refractivity contribution is 5.31. The highest BCUT2D eigenvalue weighted by Gasteiger charge is 2.12. The number of aryl methyl sites for hydroxylation is 1. The van der Waals surface area contributed by atoms with E-state index in [2.05, 4.69) is 0 Å². The fourth-order valence-corrected chi connectivity index (χ4v) is 1.02. The fraction of sp³-hybridized carbons (Fsp3) is 0.400. The Hall–Kier alpha value is -1.16. The molecule has 0 amide bonds. The van der Waals surface area contributed by atoms with E-state index in [4.69, 9.17) is 10.5 Å². The van der Waals surface area contributed by atoms with E-state index < -0.39 is 11.6 Å². The number of hydrogen-bond acceptors (Lipinski definition) is 2. The SMILES string of the molecule is Cc1ccc(F)c(OCCCN)c1F. The lowest BCUT2D eigenvalue weighted by Gasteiger charge is -2.08. The van der Waals surface area contributed by atoms with Crippen LogP contribution in [0.25, 0.3) is 0 Å². The number of benzene rings is 1. The van der Waals surface area contributed by atoms with Crippen molar-refractivity contribution in [2.75, 3.05) is 13.2 Å². The standard InChI is InChI=1S/C10H13F2NO/c1-7-3-4-8(11)10(9(7)12)14-6-2-5-13/h3-4H,2,5-6,13H2,1H3. The average molecular weight is 201 g/mol. The van der Waals surface area contributed by atoms with Gasteiger partial charge in [-0.2, -0.15) is 0 Å². The highest BCUT2D eigenvalue weighted by Crippen LogP contribution is 2.23. The second kappa shape index (κ2) is 4.91. The van der Waals surface area contributed by atoms with Crippen molar-refractivity contribution in [3.05, 3.63) is 29.3 Å². The predicted octanol–water partition coefficient (Wildman–Crippen LogP) is 2.00. The van der Waals surface area contributed by atoms with Crippen molar-refractivity contribution in [1.82, 2.24) is 0 Å². The molecule has 0 aliphatic rings. The predicted molar refractivity (Wildman–Crippen MR) is 50.3 cm³/mol. The Morgan fingerprint density at radius 3 is 2.71 bits per heavy atom. The van der Waals surface area contributed by atoms with Gasteiger partial charge in [-0.3, -0.25) is 0 Å². The zero-order valence-corrected chi connectivity index (χ0v) is 8.02. The summed E-state index contributed by atoms with van der Waals surface area (Å²) >= 11 is 0. The van der Waals surface area contributed by atoms with Gasteiger partial charge in [0.1, 0.15) is 0 Å². The molecule has 1 aromatic carbocycles. The van der Waals surface area contributed by atoms with Gasteiger partial charge in [0.25, 0.3) is 0 Å². The molecule has 0 aliphatic carbocycles. The molecule has 4 heteroatoms. The van der Waals surface area contributed by atoms with E-state index in [0.717, 1.165) is 0 Å². The van der Waals surface area contributed by atoms with Gasteiger partial charge in [0.05, 0.1) is 6.61 Å². The van der Waals surface area contributed by atoms with Crippen LogP contribution in [0.15, 0.2) is 12.1 Å². The minimum Gasteiger partial charge on any atom is -0.488 e. The minimum absolute atomic E-state index is 0.230. The van der Waals surface area contributed by atoms with Crippen LogP contribution in [0.1, 0.15) is 12.0 Å². The van der Waals surface area contributed by atoms with E-state index in [1.165, 1.54) is 12.1 Å². The summed E-state index contributed by atoms with van der Waals surface area (Å²) in [6, 6.07) is 2.57. The number of hydrogen-bond donors (Lipinski definition) is 1. The van der Waals surface area contributed by atoms with E-state index in [1.807, 2.05) is 0 Å². The van der Waals surface area contributed by atoms with Gasteiger partial charge in [0.2, 0.25) is 0 Å². The summed E-state index contributed by atoms with van der Waals surface area (Å²) in [6.45, 7) is 2.23. The third-order valence-electron chi connectivity index (χ3n) is 1.84. The molecule has 78 valence electrons. The lowest BCUT2D eigenvalue weighted by atomic mass is 10.2. The zero-order chi connectivity index (χ0) is 10.6. The second-order valence-corrected chi connectivity index (χ2v) is 3.00.